The van der Waals surface area contributed by atoms with Crippen molar-refractivity contribution in [2.24, 2.45) is 5.92 Å². The van der Waals surface area contributed by atoms with Crippen molar-refractivity contribution >= 4 is 39.5 Å². The number of esters is 4. The third-order valence-electron chi connectivity index (χ3n) is 19.8. The van der Waals surface area contributed by atoms with Crippen LogP contribution < -0.4 is 0 Å². The Morgan fingerprint density at radius 2 is 0.447 bits per heavy atom. The van der Waals surface area contributed by atoms with E-state index in [1.54, 1.807) is 0 Å². The zero-order chi connectivity index (χ0) is 75.5. The lowest BCUT2D eigenvalue weighted by Gasteiger charge is -2.21. The summed E-state index contributed by atoms with van der Waals surface area (Å²) in [7, 11) is -9.92. The molecule has 0 saturated heterocycles. The first-order valence-electron chi connectivity index (χ1n) is 43.6. The second-order valence-corrected chi connectivity index (χ2v) is 33.6. The van der Waals surface area contributed by atoms with Gasteiger partial charge >= 0.3 is 39.5 Å². The van der Waals surface area contributed by atoms with Crippen LogP contribution in [0.25, 0.3) is 0 Å². The topological polar surface area (TPSA) is 237 Å². The Morgan fingerprint density at radius 1 is 0.262 bits per heavy atom. The summed E-state index contributed by atoms with van der Waals surface area (Å²) >= 11 is 0. The number of unbranched alkanes of at least 4 members (excludes halogenated alkanes) is 56. The molecule has 17 nitrogen and oxygen atoms in total. The summed E-state index contributed by atoms with van der Waals surface area (Å²) in [5, 5.41) is 10.7. The maximum Gasteiger partial charge on any atom is 0.472 e. The third kappa shape index (κ3) is 78.0. The highest BCUT2D eigenvalue weighted by Crippen LogP contribution is 2.45. The van der Waals surface area contributed by atoms with Gasteiger partial charge in [0.05, 0.1) is 26.4 Å². The molecule has 103 heavy (non-hydrogen) atoms. The Balaban J connectivity index is 5.19. The Morgan fingerprint density at radius 3 is 0.660 bits per heavy atom. The lowest BCUT2D eigenvalue weighted by molar-refractivity contribution is -0.161. The summed E-state index contributed by atoms with van der Waals surface area (Å²) in [6.07, 6.45) is 69.6. The smallest absolute Gasteiger partial charge is 0.462 e. The molecule has 3 N–H and O–H groups in total. The van der Waals surface area contributed by atoms with Gasteiger partial charge in [-0.1, -0.05) is 401 Å². The molecule has 2 unspecified atom stereocenters. The Kier molecular flexibility index (Phi) is 75.4. The summed E-state index contributed by atoms with van der Waals surface area (Å²) in [6.45, 7) is 7.31. The van der Waals surface area contributed by atoms with E-state index in [0.29, 0.717) is 25.7 Å². The molecule has 0 aromatic heterocycles. The Labute approximate surface area is 632 Å². The fourth-order valence-electron chi connectivity index (χ4n) is 13.1. The van der Waals surface area contributed by atoms with Crippen LogP contribution in [0.1, 0.15) is 452 Å². The van der Waals surface area contributed by atoms with Gasteiger partial charge < -0.3 is 33.8 Å². The fourth-order valence-corrected chi connectivity index (χ4v) is 14.7. The molecule has 0 aliphatic rings. The van der Waals surface area contributed by atoms with Crippen LogP contribution in [-0.4, -0.2) is 96.7 Å². The minimum Gasteiger partial charge on any atom is -0.462 e. The summed E-state index contributed by atoms with van der Waals surface area (Å²) in [4.78, 5) is 73.1. The van der Waals surface area contributed by atoms with Gasteiger partial charge in [-0.3, -0.25) is 37.3 Å². The number of carbonyl (C=O) groups excluding carboxylic acids is 4. The molecule has 0 aliphatic heterocycles. The summed E-state index contributed by atoms with van der Waals surface area (Å²) < 4.78 is 68.8. The van der Waals surface area contributed by atoms with Crippen LogP contribution >= 0.6 is 15.6 Å². The first-order valence-corrected chi connectivity index (χ1v) is 46.6. The van der Waals surface area contributed by atoms with Crippen molar-refractivity contribution < 1.29 is 80.2 Å². The van der Waals surface area contributed by atoms with Gasteiger partial charge in [0, 0.05) is 25.7 Å². The van der Waals surface area contributed by atoms with Gasteiger partial charge in [0.25, 0.3) is 0 Å². The van der Waals surface area contributed by atoms with Crippen LogP contribution in [-0.2, 0) is 65.4 Å². The normalized spacial score (nSPS) is 13.8. The lowest BCUT2D eigenvalue weighted by atomic mass is 10.0. The van der Waals surface area contributed by atoms with E-state index in [9.17, 15) is 43.2 Å². The predicted molar refractivity (Wildman–Crippen MR) is 423 cm³/mol. The number of aliphatic hydroxyl groups excluding tert-OH is 1. The molecule has 5 atom stereocenters. The van der Waals surface area contributed by atoms with Crippen LogP contribution in [0.2, 0.25) is 0 Å². The fraction of sp³-hybridized carbons (Fsp3) is 0.952. The van der Waals surface area contributed by atoms with Crippen molar-refractivity contribution in [3.05, 3.63) is 0 Å². The molecule has 0 fully saturated rings. The molecule has 0 aromatic rings. The van der Waals surface area contributed by atoms with E-state index in [1.807, 2.05) is 0 Å². The van der Waals surface area contributed by atoms with Gasteiger partial charge in [0.15, 0.2) is 12.2 Å². The van der Waals surface area contributed by atoms with Gasteiger partial charge in [-0.05, 0) is 31.6 Å². The monoisotopic (exact) mass is 1510 g/mol. The molecule has 0 aromatic carbocycles. The molecule has 19 heteroatoms. The second-order valence-electron chi connectivity index (χ2n) is 30.7. The number of phosphoric acid groups is 2. The average Bonchev–Trinajstić information content (AvgIpc) is 0.912. The largest absolute Gasteiger partial charge is 0.472 e. The first-order chi connectivity index (χ1) is 50.0. The molecule has 0 radical (unpaired) electrons. The number of aliphatic hydroxyl groups is 1. The minimum absolute atomic E-state index is 0.106. The van der Waals surface area contributed by atoms with Crippen LogP contribution in [0.5, 0.6) is 0 Å². The van der Waals surface area contributed by atoms with E-state index >= 15 is 0 Å². The highest BCUT2D eigenvalue weighted by Gasteiger charge is 2.30. The van der Waals surface area contributed by atoms with Gasteiger partial charge in [0.2, 0.25) is 0 Å². The highest BCUT2D eigenvalue weighted by molar-refractivity contribution is 7.47. The van der Waals surface area contributed by atoms with Crippen molar-refractivity contribution in [3.63, 3.8) is 0 Å². The molecule has 0 spiro atoms. The minimum atomic E-state index is -4.96. The van der Waals surface area contributed by atoms with Crippen molar-refractivity contribution in [3.8, 4) is 0 Å². The van der Waals surface area contributed by atoms with Crippen molar-refractivity contribution in [1.82, 2.24) is 0 Å². The zero-order valence-electron chi connectivity index (χ0n) is 67.5. The number of ether oxygens (including phenoxy) is 4. The van der Waals surface area contributed by atoms with Crippen molar-refractivity contribution in [2.45, 2.75) is 470 Å². The molecular formula is C84H164O17P2. The summed E-state index contributed by atoms with van der Waals surface area (Å²) in [5.41, 5.74) is 0. The summed E-state index contributed by atoms with van der Waals surface area (Å²) in [6, 6.07) is 0. The Hall–Kier alpha value is -1.94. The molecule has 0 heterocycles. The Bertz CT molecular complexity index is 1960. The van der Waals surface area contributed by atoms with Gasteiger partial charge in [-0.15, -0.1) is 0 Å². The quantitative estimate of drug-likeness (QED) is 0.0222. The first kappa shape index (κ1) is 101. The molecule has 612 valence electrons. The maximum absolute atomic E-state index is 13.1. The van der Waals surface area contributed by atoms with E-state index in [1.165, 1.54) is 276 Å². The van der Waals surface area contributed by atoms with E-state index < -0.39 is 97.5 Å². The number of rotatable bonds is 84. The SMILES string of the molecule is CCCCCCCCCCCCCCCCCCCCCCCCC(=O)O[C@H](COC(=O)CCCCCCCCCCCCCCCCCCCCC)COP(=O)(O)OC[C@@H](O)COP(=O)(O)OC[C@@H](COC(=O)CCCCCCCCCCCC)OC(=O)CCCCCCCCCCCC(C)C. The van der Waals surface area contributed by atoms with Gasteiger partial charge in [-0.2, -0.15) is 0 Å². The molecule has 0 rings (SSSR count). The molecular weight excluding hydrogens is 1340 g/mol. The highest BCUT2D eigenvalue weighted by atomic mass is 31.2. The molecule has 0 aliphatic carbocycles. The molecule has 0 bridgehead atoms. The predicted octanol–water partition coefficient (Wildman–Crippen LogP) is 25.6. The van der Waals surface area contributed by atoms with Gasteiger partial charge in [0.1, 0.15) is 19.3 Å². The standard InChI is InChI=1S/C84H164O17P2/c1-6-9-12-15-18-21-24-26-28-30-32-33-34-36-38-40-42-44-49-54-59-64-69-83(88)100-79(74-95-82(87)68-63-58-53-48-43-41-39-37-35-31-29-27-25-22-19-16-13-10-7-2)75-98-102(90,91)96-71-78(85)72-97-103(92,93)99-76-80(73-94-81(86)67-62-57-52-47-23-20-17-14-11-8-3)101-84(89)70-65-60-55-50-45-46-51-56-61-66-77(4)5/h77-80,85H,6-76H2,1-5H3,(H,90,91)(H,92,93)/t78-,79-,80-/m1/s1. The van der Waals surface area contributed by atoms with E-state index in [-0.39, 0.29) is 25.7 Å². The molecule has 0 amide bonds. The zero-order valence-corrected chi connectivity index (χ0v) is 69.3. The van der Waals surface area contributed by atoms with Crippen molar-refractivity contribution in [2.75, 3.05) is 39.6 Å². The van der Waals surface area contributed by atoms with Crippen LogP contribution in [0.3, 0.4) is 0 Å². The number of carbonyl (C=O) groups is 4. The van der Waals surface area contributed by atoms with E-state index in [4.69, 9.17) is 37.0 Å². The van der Waals surface area contributed by atoms with Crippen LogP contribution in [0.4, 0.5) is 0 Å². The molecule has 0 saturated carbocycles. The van der Waals surface area contributed by atoms with Crippen LogP contribution in [0, 0.1) is 5.92 Å². The lowest BCUT2D eigenvalue weighted by Crippen LogP contribution is -2.30. The number of phosphoric ester groups is 2. The van der Waals surface area contributed by atoms with Crippen molar-refractivity contribution in [1.29, 1.82) is 0 Å². The van der Waals surface area contributed by atoms with E-state index in [0.717, 1.165) is 95.8 Å². The third-order valence-corrected chi connectivity index (χ3v) is 21.7. The second kappa shape index (κ2) is 76.8. The maximum atomic E-state index is 13.1. The average molecular weight is 1510 g/mol. The van der Waals surface area contributed by atoms with E-state index in [2.05, 4.69) is 34.6 Å². The number of hydrogen-bond acceptors (Lipinski definition) is 15. The van der Waals surface area contributed by atoms with Gasteiger partial charge in [-0.25, -0.2) is 9.13 Å². The summed E-state index contributed by atoms with van der Waals surface area (Å²) in [5.74, 6) is -1.37. The van der Waals surface area contributed by atoms with Crippen LogP contribution in [0.15, 0.2) is 0 Å². The number of hydrogen-bond donors (Lipinski definition) is 3.